The molecule has 0 amide bonds. The Morgan fingerprint density at radius 2 is 1.55 bits per heavy atom. The average molecular weight is 154 g/mol. The lowest BCUT2D eigenvalue weighted by molar-refractivity contribution is 0.211. The first-order valence-corrected chi connectivity index (χ1v) is 3.25. The summed E-state index contributed by atoms with van der Waals surface area (Å²) in [4.78, 5) is 9.19. The second-order valence-electron chi connectivity index (χ2n) is 2.04. The summed E-state index contributed by atoms with van der Waals surface area (Å²) >= 11 is 0. The van der Waals surface area contributed by atoms with Crippen molar-refractivity contribution >= 4 is 11.4 Å². The number of allylic oxidation sites excluding steroid dienone is 2. The van der Waals surface area contributed by atoms with E-state index in [1.54, 1.807) is 0 Å². The van der Waals surface area contributed by atoms with Gasteiger partial charge in [0.15, 0.2) is 0 Å². The van der Waals surface area contributed by atoms with E-state index in [1.807, 2.05) is 12.2 Å². The first-order valence-electron chi connectivity index (χ1n) is 3.25. The minimum atomic E-state index is 0.682. The Balaban J connectivity index is 2.56. The summed E-state index contributed by atoms with van der Waals surface area (Å²) in [6, 6.07) is 0. The third-order valence-corrected chi connectivity index (χ3v) is 1.25. The highest BCUT2D eigenvalue weighted by Crippen LogP contribution is 2.04. The first-order chi connectivity index (χ1) is 5.36. The molecule has 0 N–H and O–H groups in total. The van der Waals surface area contributed by atoms with Crippen molar-refractivity contribution in [1.29, 1.82) is 0 Å². The van der Waals surface area contributed by atoms with Gasteiger partial charge >= 0.3 is 0 Å². The van der Waals surface area contributed by atoms with Crippen LogP contribution >= 0.6 is 0 Å². The zero-order valence-corrected chi connectivity index (χ0v) is 6.57. The SMILES string of the molecule is CO/N=C1C=C/C(=N/OC)C\1. The molecule has 0 aliphatic heterocycles. The average Bonchev–Trinajstić information content (AvgIpc) is 2.38. The molecular weight excluding hydrogens is 144 g/mol. The molecule has 1 rings (SSSR count). The first kappa shape index (κ1) is 7.78. The lowest BCUT2D eigenvalue weighted by Gasteiger charge is -1.91. The quantitative estimate of drug-likeness (QED) is 0.556. The highest BCUT2D eigenvalue weighted by molar-refractivity contribution is 6.20. The molecule has 0 aromatic carbocycles. The van der Waals surface area contributed by atoms with Crippen molar-refractivity contribution in [3.05, 3.63) is 12.2 Å². The Kier molecular flexibility index (Phi) is 2.66. The topological polar surface area (TPSA) is 43.2 Å². The van der Waals surface area contributed by atoms with Crippen molar-refractivity contribution in [2.24, 2.45) is 10.3 Å². The van der Waals surface area contributed by atoms with Gasteiger partial charge < -0.3 is 9.68 Å². The van der Waals surface area contributed by atoms with Crippen LogP contribution in [0, 0.1) is 0 Å². The van der Waals surface area contributed by atoms with E-state index >= 15 is 0 Å². The third kappa shape index (κ3) is 2.07. The van der Waals surface area contributed by atoms with Crippen molar-refractivity contribution in [2.75, 3.05) is 14.2 Å². The van der Waals surface area contributed by atoms with Gasteiger partial charge in [0.2, 0.25) is 0 Å². The maximum absolute atomic E-state index is 4.59. The van der Waals surface area contributed by atoms with Crippen molar-refractivity contribution in [3.63, 3.8) is 0 Å². The molecule has 4 heteroatoms. The number of hydrogen-bond donors (Lipinski definition) is 0. The van der Waals surface area contributed by atoms with Gasteiger partial charge in [-0.15, -0.1) is 0 Å². The highest BCUT2D eigenvalue weighted by Gasteiger charge is 2.08. The van der Waals surface area contributed by atoms with Crippen LogP contribution in [-0.2, 0) is 9.68 Å². The van der Waals surface area contributed by atoms with Crippen LogP contribution in [0.2, 0.25) is 0 Å². The monoisotopic (exact) mass is 154 g/mol. The number of hydrogen-bond acceptors (Lipinski definition) is 4. The fourth-order valence-corrected chi connectivity index (χ4v) is 0.856. The molecule has 1 aliphatic carbocycles. The van der Waals surface area contributed by atoms with Crippen molar-refractivity contribution < 1.29 is 9.68 Å². The molecule has 0 saturated heterocycles. The molecule has 4 nitrogen and oxygen atoms in total. The van der Waals surface area contributed by atoms with Gasteiger partial charge in [0.05, 0.1) is 11.4 Å². The molecule has 11 heavy (non-hydrogen) atoms. The lowest BCUT2D eigenvalue weighted by atomic mass is 10.3. The van der Waals surface area contributed by atoms with Crippen LogP contribution in [-0.4, -0.2) is 25.6 Å². The Labute approximate surface area is 65.2 Å². The summed E-state index contributed by atoms with van der Waals surface area (Å²) in [5, 5.41) is 7.50. The number of oxime groups is 2. The Hall–Kier alpha value is -1.32. The van der Waals surface area contributed by atoms with Crippen LogP contribution in [0.1, 0.15) is 6.42 Å². The van der Waals surface area contributed by atoms with Gasteiger partial charge in [-0.3, -0.25) is 0 Å². The summed E-state index contributed by atoms with van der Waals surface area (Å²) in [7, 11) is 3.04. The van der Waals surface area contributed by atoms with Crippen LogP contribution < -0.4 is 0 Å². The second kappa shape index (κ2) is 3.75. The van der Waals surface area contributed by atoms with Crippen LogP contribution in [0.3, 0.4) is 0 Å². The maximum atomic E-state index is 4.59. The van der Waals surface area contributed by atoms with E-state index in [1.165, 1.54) is 14.2 Å². The van der Waals surface area contributed by atoms with Gasteiger partial charge in [-0.25, -0.2) is 0 Å². The number of rotatable bonds is 2. The minimum absolute atomic E-state index is 0.682. The van der Waals surface area contributed by atoms with E-state index in [2.05, 4.69) is 20.0 Å². The van der Waals surface area contributed by atoms with Gasteiger partial charge in [0.1, 0.15) is 14.2 Å². The van der Waals surface area contributed by atoms with Crippen molar-refractivity contribution in [3.8, 4) is 0 Å². The van der Waals surface area contributed by atoms with Gasteiger partial charge in [0, 0.05) is 6.42 Å². The maximum Gasteiger partial charge on any atom is 0.106 e. The molecule has 60 valence electrons. The summed E-state index contributed by atoms with van der Waals surface area (Å²) in [6.45, 7) is 0. The van der Waals surface area contributed by atoms with E-state index in [-0.39, 0.29) is 0 Å². The summed E-state index contributed by atoms with van der Waals surface area (Å²) < 4.78 is 0. The van der Waals surface area contributed by atoms with Crippen LogP contribution in [0.4, 0.5) is 0 Å². The Bertz CT molecular complexity index is 196. The molecule has 0 fully saturated rings. The lowest BCUT2D eigenvalue weighted by Crippen LogP contribution is -1.95. The molecule has 0 atom stereocenters. The van der Waals surface area contributed by atoms with Crippen LogP contribution in [0.15, 0.2) is 22.5 Å². The van der Waals surface area contributed by atoms with Crippen LogP contribution in [0.25, 0.3) is 0 Å². The van der Waals surface area contributed by atoms with Gasteiger partial charge in [-0.05, 0) is 12.2 Å². The fourth-order valence-electron chi connectivity index (χ4n) is 0.856. The molecule has 0 unspecified atom stereocenters. The molecule has 0 spiro atoms. The Morgan fingerprint density at radius 3 is 1.91 bits per heavy atom. The molecular formula is C7H10N2O2. The molecule has 0 saturated carbocycles. The molecule has 0 radical (unpaired) electrons. The summed E-state index contributed by atoms with van der Waals surface area (Å²) in [5.74, 6) is 0. The highest BCUT2D eigenvalue weighted by atomic mass is 16.6. The van der Waals surface area contributed by atoms with Crippen LogP contribution in [0.5, 0.6) is 0 Å². The van der Waals surface area contributed by atoms with E-state index in [0.29, 0.717) is 6.42 Å². The second-order valence-corrected chi connectivity index (χ2v) is 2.04. The largest absolute Gasteiger partial charge is 0.399 e. The normalized spacial score (nSPS) is 23.1. The van der Waals surface area contributed by atoms with Gasteiger partial charge in [-0.2, -0.15) is 0 Å². The van der Waals surface area contributed by atoms with Crippen molar-refractivity contribution in [2.45, 2.75) is 6.42 Å². The van der Waals surface area contributed by atoms with E-state index in [9.17, 15) is 0 Å². The zero-order valence-electron chi connectivity index (χ0n) is 6.57. The third-order valence-electron chi connectivity index (χ3n) is 1.25. The molecule has 0 bridgehead atoms. The van der Waals surface area contributed by atoms with E-state index in [4.69, 9.17) is 0 Å². The Morgan fingerprint density at radius 1 is 1.09 bits per heavy atom. The fraction of sp³-hybridized carbons (Fsp3) is 0.429. The summed E-state index contributed by atoms with van der Waals surface area (Å²) in [6.07, 6.45) is 4.38. The van der Waals surface area contributed by atoms with E-state index < -0.39 is 0 Å². The zero-order chi connectivity index (χ0) is 8.10. The molecule has 0 aromatic heterocycles. The summed E-state index contributed by atoms with van der Waals surface area (Å²) in [5.41, 5.74) is 1.73. The van der Waals surface area contributed by atoms with E-state index in [0.717, 1.165) is 11.4 Å². The molecule has 0 aromatic rings. The van der Waals surface area contributed by atoms with Gasteiger partial charge in [0.25, 0.3) is 0 Å². The molecule has 0 heterocycles. The molecule has 1 aliphatic rings. The predicted octanol–water partition coefficient (Wildman–Crippen LogP) is 0.951. The standard InChI is InChI=1S/C7H10N2O2/c1-10-8-6-3-4-7(5-6)9-11-2/h3-4H,5H2,1-2H3/b8-6-,9-7+. The predicted molar refractivity (Wildman–Crippen MR) is 42.6 cm³/mol. The number of nitrogens with zero attached hydrogens (tertiary/aromatic N) is 2. The van der Waals surface area contributed by atoms with Crippen molar-refractivity contribution in [1.82, 2.24) is 0 Å². The smallest absolute Gasteiger partial charge is 0.106 e. The minimum Gasteiger partial charge on any atom is -0.399 e. The van der Waals surface area contributed by atoms with Gasteiger partial charge in [-0.1, -0.05) is 10.3 Å².